The second-order valence-corrected chi connectivity index (χ2v) is 7.33. The number of carbonyl (C=O) groups is 1. The molecule has 2 aromatic carbocycles. The molecule has 148 valence electrons. The van der Waals surface area contributed by atoms with E-state index in [1.165, 1.54) is 12.8 Å². The maximum absolute atomic E-state index is 12.0. The number of rotatable bonds is 8. The van der Waals surface area contributed by atoms with Gasteiger partial charge in [-0.15, -0.1) is 0 Å². The Morgan fingerprint density at radius 2 is 1.82 bits per heavy atom. The number of carboxylic acid groups (broad SMARTS) is 1. The molecule has 1 unspecified atom stereocenters. The number of benzene rings is 2. The number of nitrogens with zero attached hydrogens (tertiary/aromatic N) is 1. The number of aryl methyl sites for hydroxylation is 1. The van der Waals surface area contributed by atoms with Crippen LogP contribution in [-0.2, 0) is 17.8 Å². The molecule has 1 saturated heterocycles. The van der Waals surface area contributed by atoms with E-state index in [-0.39, 0.29) is 5.84 Å². The second-order valence-electron chi connectivity index (χ2n) is 7.33. The average molecular weight is 380 g/mol. The fraction of sp³-hybridized carbons (Fsp3) is 0.364. The van der Waals surface area contributed by atoms with E-state index >= 15 is 0 Å². The van der Waals surface area contributed by atoms with E-state index in [0.717, 1.165) is 42.7 Å². The molecule has 1 aliphatic heterocycles. The summed E-state index contributed by atoms with van der Waals surface area (Å²) in [6.45, 7) is 5.16. The van der Waals surface area contributed by atoms with Gasteiger partial charge in [-0.2, -0.15) is 0 Å². The fourth-order valence-electron chi connectivity index (χ4n) is 3.65. The summed E-state index contributed by atoms with van der Waals surface area (Å²) >= 11 is 0. The lowest BCUT2D eigenvalue weighted by Crippen LogP contribution is -2.22. The number of carboxylic acids is 1. The van der Waals surface area contributed by atoms with E-state index in [9.17, 15) is 9.90 Å². The Bertz CT molecular complexity index is 842. The molecule has 6 heteroatoms. The van der Waals surface area contributed by atoms with Crippen molar-refractivity contribution in [3.8, 4) is 0 Å². The van der Waals surface area contributed by atoms with Gasteiger partial charge < -0.3 is 16.2 Å². The van der Waals surface area contributed by atoms with E-state index in [1.807, 2.05) is 12.1 Å². The van der Waals surface area contributed by atoms with Gasteiger partial charge in [-0.05, 0) is 73.3 Å². The van der Waals surface area contributed by atoms with Gasteiger partial charge in [-0.25, -0.2) is 4.79 Å². The van der Waals surface area contributed by atoms with Gasteiger partial charge in [-0.3, -0.25) is 10.3 Å². The van der Waals surface area contributed by atoms with Crippen LogP contribution in [0.25, 0.3) is 0 Å². The van der Waals surface area contributed by atoms with Crippen LogP contribution in [0.2, 0.25) is 0 Å². The Labute approximate surface area is 165 Å². The molecular formula is C22H28N4O2. The third-order valence-corrected chi connectivity index (χ3v) is 5.18. The number of nitrogens with one attached hydrogen (secondary N) is 2. The summed E-state index contributed by atoms with van der Waals surface area (Å²) in [6, 6.07) is 12.3. The van der Waals surface area contributed by atoms with Crippen LogP contribution < -0.4 is 11.1 Å². The van der Waals surface area contributed by atoms with Crippen molar-refractivity contribution < 1.29 is 9.90 Å². The van der Waals surface area contributed by atoms with Crippen LogP contribution in [0.1, 0.15) is 48.1 Å². The summed E-state index contributed by atoms with van der Waals surface area (Å²) in [7, 11) is 0. The summed E-state index contributed by atoms with van der Waals surface area (Å²) < 4.78 is 0. The first-order valence-corrected chi connectivity index (χ1v) is 9.75. The fourth-order valence-corrected chi connectivity index (χ4v) is 3.65. The molecule has 6 nitrogen and oxygen atoms in total. The van der Waals surface area contributed by atoms with Crippen molar-refractivity contribution in [1.82, 2.24) is 4.90 Å². The van der Waals surface area contributed by atoms with Crippen molar-refractivity contribution in [2.45, 2.75) is 38.8 Å². The molecule has 1 heterocycles. The molecule has 5 N–H and O–H groups in total. The van der Waals surface area contributed by atoms with Crippen LogP contribution in [0.5, 0.6) is 0 Å². The summed E-state index contributed by atoms with van der Waals surface area (Å²) in [5, 5.41) is 20.4. The van der Waals surface area contributed by atoms with Gasteiger partial charge in [-0.1, -0.05) is 25.1 Å². The SMILES string of the molecule is CCc1cc(CN2CCCC2)cc(C(Nc2ccc(C(=N)N)cc2)C(=O)O)c1. The van der Waals surface area contributed by atoms with Gasteiger partial charge in [0.2, 0.25) is 0 Å². The normalized spacial score (nSPS) is 15.3. The second kappa shape index (κ2) is 8.89. The predicted molar refractivity (Wildman–Crippen MR) is 112 cm³/mol. The number of hydrogen-bond acceptors (Lipinski definition) is 4. The highest BCUT2D eigenvalue weighted by molar-refractivity contribution is 5.95. The number of nitrogens with two attached hydrogens (primary N) is 1. The highest BCUT2D eigenvalue weighted by Gasteiger charge is 2.21. The first-order valence-electron chi connectivity index (χ1n) is 9.75. The number of hydrogen-bond donors (Lipinski definition) is 4. The third kappa shape index (κ3) is 4.89. The van der Waals surface area contributed by atoms with E-state index in [4.69, 9.17) is 11.1 Å². The van der Waals surface area contributed by atoms with E-state index < -0.39 is 12.0 Å². The van der Waals surface area contributed by atoms with Gasteiger partial charge >= 0.3 is 5.97 Å². The predicted octanol–water partition coefficient (Wildman–Crippen LogP) is 3.37. The van der Waals surface area contributed by atoms with Gasteiger partial charge in [0.25, 0.3) is 0 Å². The first kappa shape index (κ1) is 19.9. The van der Waals surface area contributed by atoms with E-state index in [0.29, 0.717) is 11.3 Å². The summed E-state index contributed by atoms with van der Waals surface area (Å²) in [5.41, 5.74) is 9.84. The molecule has 3 rings (SSSR count). The Morgan fingerprint density at radius 3 is 2.39 bits per heavy atom. The maximum Gasteiger partial charge on any atom is 0.330 e. The molecule has 0 aromatic heterocycles. The lowest BCUT2D eigenvalue weighted by molar-refractivity contribution is -0.138. The Morgan fingerprint density at radius 1 is 1.18 bits per heavy atom. The third-order valence-electron chi connectivity index (χ3n) is 5.18. The molecule has 0 aliphatic carbocycles. The van der Waals surface area contributed by atoms with Crippen molar-refractivity contribution in [2.24, 2.45) is 5.73 Å². The van der Waals surface area contributed by atoms with Crippen LogP contribution in [-0.4, -0.2) is 34.9 Å². The molecule has 0 saturated carbocycles. The highest BCUT2D eigenvalue weighted by atomic mass is 16.4. The number of likely N-dealkylation sites (tertiary alicyclic amines) is 1. The lowest BCUT2D eigenvalue weighted by Gasteiger charge is -2.20. The number of anilines is 1. The maximum atomic E-state index is 12.0. The minimum absolute atomic E-state index is 0.0106. The quantitative estimate of drug-likeness (QED) is 0.415. The molecule has 1 fully saturated rings. The van der Waals surface area contributed by atoms with Crippen molar-refractivity contribution in [3.05, 3.63) is 64.7 Å². The zero-order valence-electron chi connectivity index (χ0n) is 16.2. The minimum Gasteiger partial charge on any atom is -0.479 e. The van der Waals surface area contributed by atoms with Crippen molar-refractivity contribution in [1.29, 1.82) is 5.41 Å². The first-order chi connectivity index (χ1) is 13.5. The molecule has 0 bridgehead atoms. The zero-order chi connectivity index (χ0) is 20.1. The van der Waals surface area contributed by atoms with Gasteiger partial charge in [0.15, 0.2) is 6.04 Å². The molecule has 0 amide bonds. The number of aliphatic carboxylic acids is 1. The number of amidine groups is 1. The highest BCUT2D eigenvalue weighted by Crippen LogP contribution is 2.24. The molecule has 1 atom stereocenters. The Hall–Kier alpha value is -2.86. The minimum atomic E-state index is -0.920. The van der Waals surface area contributed by atoms with Crippen LogP contribution in [0.3, 0.4) is 0 Å². The van der Waals surface area contributed by atoms with E-state index in [2.05, 4.69) is 23.2 Å². The van der Waals surface area contributed by atoms with Gasteiger partial charge in [0.1, 0.15) is 5.84 Å². The van der Waals surface area contributed by atoms with Gasteiger partial charge in [0, 0.05) is 17.8 Å². The van der Waals surface area contributed by atoms with E-state index in [1.54, 1.807) is 24.3 Å². The van der Waals surface area contributed by atoms with Crippen molar-refractivity contribution in [3.63, 3.8) is 0 Å². The zero-order valence-corrected chi connectivity index (χ0v) is 16.2. The average Bonchev–Trinajstić information content (AvgIpc) is 3.18. The standard InChI is InChI=1S/C22H28N4O2/c1-2-15-11-16(14-26-9-3-4-10-26)13-18(12-15)20(22(27)28)25-19-7-5-17(6-8-19)21(23)24/h5-8,11-13,20,25H,2-4,9-10,14H2,1H3,(H3,23,24)(H,27,28). The van der Waals surface area contributed by atoms with Gasteiger partial charge in [0.05, 0.1) is 0 Å². The summed E-state index contributed by atoms with van der Waals surface area (Å²) in [6.07, 6.45) is 3.33. The van der Waals surface area contributed by atoms with Crippen molar-refractivity contribution in [2.75, 3.05) is 18.4 Å². The topological polar surface area (TPSA) is 102 Å². The molecular weight excluding hydrogens is 352 g/mol. The molecule has 0 spiro atoms. The summed E-state index contributed by atoms with van der Waals surface area (Å²) in [4.78, 5) is 14.4. The molecule has 28 heavy (non-hydrogen) atoms. The molecule has 1 aliphatic rings. The number of nitrogen functional groups attached to an aromatic ring is 1. The van der Waals surface area contributed by atoms with Crippen LogP contribution in [0, 0.1) is 5.41 Å². The monoisotopic (exact) mass is 380 g/mol. The molecule has 2 aromatic rings. The van der Waals surface area contributed by atoms with Crippen LogP contribution in [0.15, 0.2) is 42.5 Å². The summed E-state index contributed by atoms with van der Waals surface area (Å²) in [5.74, 6) is -0.931. The van der Waals surface area contributed by atoms with Crippen molar-refractivity contribution >= 4 is 17.5 Å². The lowest BCUT2D eigenvalue weighted by atomic mass is 9.98. The molecule has 0 radical (unpaired) electrons. The smallest absolute Gasteiger partial charge is 0.330 e. The largest absolute Gasteiger partial charge is 0.479 e. The Balaban J connectivity index is 1.85. The van der Waals surface area contributed by atoms with Crippen LogP contribution in [0.4, 0.5) is 5.69 Å². The Kier molecular flexibility index (Phi) is 6.31. The van der Waals surface area contributed by atoms with Crippen LogP contribution >= 0.6 is 0 Å².